The van der Waals surface area contributed by atoms with E-state index in [0.717, 1.165) is 5.56 Å². The van der Waals surface area contributed by atoms with Gasteiger partial charge in [-0.2, -0.15) is 0 Å². The van der Waals surface area contributed by atoms with Crippen LogP contribution in [0.5, 0.6) is 0 Å². The Kier molecular flexibility index (Phi) is 6.79. The topological polar surface area (TPSA) is 87.5 Å². The molecule has 1 aromatic carbocycles. The van der Waals surface area contributed by atoms with E-state index in [2.05, 4.69) is 15.6 Å². The molecule has 0 atom stereocenters. The Hall–Kier alpha value is -2.55. The van der Waals surface area contributed by atoms with E-state index in [4.69, 9.17) is 27.6 Å². The summed E-state index contributed by atoms with van der Waals surface area (Å²) in [5, 5.41) is 8.50. The zero-order valence-corrected chi connectivity index (χ0v) is 18.0. The number of anilines is 1. The molecule has 0 fully saturated rings. The van der Waals surface area contributed by atoms with Crippen LogP contribution in [0.2, 0.25) is 10.0 Å². The minimum absolute atomic E-state index is 0.236. The van der Waals surface area contributed by atoms with Gasteiger partial charge in [0.05, 0.1) is 22.3 Å². The maximum atomic E-state index is 12.3. The normalized spacial score (nSPS) is 10.6. The number of carbonyl (C=O) groups excluding carboxylic acids is 2. The van der Waals surface area contributed by atoms with E-state index in [1.807, 2.05) is 0 Å². The van der Waals surface area contributed by atoms with E-state index in [0.29, 0.717) is 39.7 Å². The molecule has 152 valence electrons. The van der Waals surface area contributed by atoms with Crippen LogP contribution in [0.3, 0.4) is 0 Å². The maximum Gasteiger partial charge on any atom is 0.321 e. The quantitative estimate of drug-likeness (QED) is 0.553. The molecule has 0 aliphatic carbocycles. The molecule has 7 nitrogen and oxygen atoms in total. The van der Waals surface area contributed by atoms with Crippen molar-refractivity contribution in [1.82, 2.24) is 15.2 Å². The van der Waals surface area contributed by atoms with Crippen molar-refractivity contribution in [3.8, 4) is 0 Å². The number of furan rings is 1. The molecule has 10 heteroatoms. The van der Waals surface area contributed by atoms with Gasteiger partial charge in [-0.3, -0.25) is 10.1 Å². The second-order valence-electron chi connectivity index (χ2n) is 6.27. The number of urea groups is 1. The van der Waals surface area contributed by atoms with Gasteiger partial charge in [-0.05, 0) is 36.8 Å². The summed E-state index contributed by atoms with van der Waals surface area (Å²) < 4.78 is 5.35. The molecule has 0 radical (unpaired) electrons. The number of hydrogen-bond acceptors (Lipinski definition) is 5. The molecule has 0 saturated carbocycles. The zero-order chi connectivity index (χ0) is 21.0. The van der Waals surface area contributed by atoms with E-state index >= 15 is 0 Å². The minimum Gasteiger partial charge on any atom is -0.456 e. The standard InChI is InChI=1S/C19H18Cl2N4O3S/c1-11-3-6-16(28-11)17(26)25(2)9-13-10-29-19(23-13)24-18(27)22-8-12-4-5-14(20)15(21)7-12/h3-7,10H,8-9H2,1-2H3,(H2,22,23,24,27). The number of carbonyl (C=O) groups is 2. The molecule has 29 heavy (non-hydrogen) atoms. The fourth-order valence-electron chi connectivity index (χ4n) is 2.46. The lowest BCUT2D eigenvalue weighted by Crippen LogP contribution is -2.28. The van der Waals surface area contributed by atoms with Gasteiger partial charge in [0.25, 0.3) is 5.91 Å². The van der Waals surface area contributed by atoms with Crippen molar-refractivity contribution in [2.75, 3.05) is 12.4 Å². The number of nitrogens with one attached hydrogen (secondary N) is 2. The summed E-state index contributed by atoms with van der Waals surface area (Å²) in [5.74, 6) is 0.717. The monoisotopic (exact) mass is 452 g/mol. The first-order valence-electron chi connectivity index (χ1n) is 8.57. The number of halogens is 2. The number of rotatable bonds is 6. The average molecular weight is 453 g/mol. The number of thiazole rings is 1. The van der Waals surface area contributed by atoms with Crippen LogP contribution in [-0.4, -0.2) is 28.9 Å². The molecule has 3 amide bonds. The summed E-state index contributed by atoms with van der Waals surface area (Å²) in [6.45, 7) is 2.37. The third-order valence-corrected chi connectivity index (χ3v) is 5.45. The van der Waals surface area contributed by atoms with Crippen molar-refractivity contribution in [1.29, 1.82) is 0 Å². The van der Waals surface area contributed by atoms with Gasteiger partial charge >= 0.3 is 6.03 Å². The average Bonchev–Trinajstić information content (AvgIpc) is 3.31. The van der Waals surface area contributed by atoms with Gasteiger partial charge in [0, 0.05) is 19.0 Å². The van der Waals surface area contributed by atoms with E-state index in [1.165, 1.54) is 16.2 Å². The highest BCUT2D eigenvalue weighted by molar-refractivity contribution is 7.13. The molecule has 0 saturated heterocycles. The molecule has 0 aliphatic heterocycles. The van der Waals surface area contributed by atoms with Crippen LogP contribution in [0.15, 0.2) is 40.1 Å². The first-order valence-corrected chi connectivity index (χ1v) is 10.2. The van der Waals surface area contributed by atoms with Crippen LogP contribution in [0.25, 0.3) is 0 Å². The van der Waals surface area contributed by atoms with E-state index in [9.17, 15) is 9.59 Å². The smallest absolute Gasteiger partial charge is 0.321 e. The Morgan fingerprint density at radius 3 is 2.69 bits per heavy atom. The van der Waals surface area contributed by atoms with Crippen molar-refractivity contribution in [2.45, 2.75) is 20.0 Å². The van der Waals surface area contributed by atoms with Crippen molar-refractivity contribution in [2.24, 2.45) is 0 Å². The third kappa shape index (κ3) is 5.72. The van der Waals surface area contributed by atoms with Gasteiger partial charge in [0.1, 0.15) is 5.76 Å². The Bertz CT molecular complexity index is 1030. The largest absolute Gasteiger partial charge is 0.456 e. The molecule has 2 aromatic heterocycles. The highest BCUT2D eigenvalue weighted by Crippen LogP contribution is 2.22. The lowest BCUT2D eigenvalue weighted by atomic mass is 10.2. The molecule has 2 heterocycles. The molecule has 0 bridgehead atoms. The maximum absolute atomic E-state index is 12.3. The molecule has 0 unspecified atom stereocenters. The molecular weight excluding hydrogens is 435 g/mol. The predicted octanol–water partition coefficient (Wildman–Crippen LogP) is 4.95. The number of amides is 3. The second-order valence-corrected chi connectivity index (χ2v) is 7.94. The SMILES string of the molecule is Cc1ccc(C(=O)N(C)Cc2csc(NC(=O)NCc3ccc(Cl)c(Cl)c3)n2)o1. The molecule has 0 spiro atoms. The number of hydrogen-bond donors (Lipinski definition) is 2. The minimum atomic E-state index is -0.396. The number of nitrogens with zero attached hydrogens (tertiary/aromatic N) is 2. The Balaban J connectivity index is 1.50. The number of benzene rings is 1. The molecule has 3 aromatic rings. The van der Waals surface area contributed by atoms with E-state index in [-0.39, 0.29) is 11.7 Å². The van der Waals surface area contributed by atoms with Crippen molar-refractivity contribution >= 4 is 51.6 Å². The molecular formula is C19H18Cl2N4O3S. The second kappa shape index (κ2) is 9.30. The van der Waals surface area contributed by atoms with Crippen LogP contribution in [0, 0.1) is 6.92 Å². The molecule has 0 aliphatic rings. The summed E-state index contributed by atoms with van der Waals surface area (Å²) >= 11 is 13.1. The molecule has 3 rings (SSSR count). The Morgan fingerprint density at radius 2 is 2.00 bits per heavy atom. The fraction of sp³-hybridized carbons (Fsp3) is 0.211. The van der Waals surface area contributed by atoms with Gasteiger partial charge < -0.3 is 14.6 Å². The van der Waals surface area contributed by atoms with Crippen LogP contribution >= 0.6 is 34.5 Å². The van der Waals surface area contributed by atoms with Gasteiger partial charge in [-0.1, -0.05) is 29.3 Å². The van der Waals surface area contributed by atoms with Crippen molar-refractivity contribution in [3.05, 3.63) is 68.5 Å². The van der Waals surface area contributed by atoms with Gasteiger partial charge in [0.2, 0.25) is 0 Å². The summed E-state index contributed by atoms with van der Waals surface area (Å²) in [7, 11) is 1.66. The summed E-state index contributed by atoms with van der Waals surface area (Å²) in [6.07, 6.45) is 0. The van der Waals surface area contributed by atoms with Gasteiger partial charge in [-0.25, -0.2) is 9.78 Å². The first-order chi connectivity index (χ1) is 13.8. The van der Waals surface area contributed by atoms with Crippen molar-refractivity contribution in [3.63, 3.8) is 0 Å². The van der Waals surface area contributed by atoms with Crippen molar-refractivity contribution < 1.29 is 14.0 Å². The third-order valence-electron chi connectivity index (χ3n) is 3.91. The van der Waals surface area contributed by atoms with Crippen LogP contribution in [-0.2, 0) is 13.1 Å². The van der Waals surface area contributed by atoms with Gasteiger partial charge in [-0.15, -0.1) is 11.3 Å². The number of aromatic nitrogens is 1. The zero-order valence-electron chi connectivity index (χ0n) is 15.7. The van der Waals surface area contributed by atoms with E-state index < -0.39 is 6.03 Å². The van der Waals surface area contributed by atoms with Gasteiger partial charge in [0.15, 0.2) is 10.9 Å². The van der Waals surface area contributed by atoms with Crippen LogP contribution in [0.4, 0.5) is 9.93 Å². The highest BCUT2D eigenvalue weighted by atomic mass is 35.5. The van der Waals surface area contributed by atoms with Crippen LogP contribution < -0.4 is 10.6 Å². The highest BCUT2D eigenvalue weighted by Gasteiger charge is 2.17. The van der Waals surface area contributed by atoms with Crippen LogP contribution in [0.1, 0.15) is 27.6 Å². The Labute approximate surface area is 181 Å². The number of aryl methyl sites for hydroxylation is 1. The predicted molar refractivity (Wildman–Crippen MR) is 114 cm³/mol. The summed E-state index contributed by atoms with van der Waals surface area (Å²) in [6, 6.07) is 8.13. The lowest BCUT2D eigenvalue weighted by molar-refractivity contribution is 0.0750. The Morgan fingerprint density at radius 1 is 1.21 bits per heavy atom. The lowest BCUT2D eigenvalue weighted by Gasteiger charge is -2.13. The summed E-state index contributed by atoms with van der Waals surface area (Å²) in [5.41, 5.74) is 1.48. The molecule has 2 N–H and O–H groups in total. The summed E-state index contributed by atoms with van der Waals surface area (Å²) in [4.78, 5) is 30.2. The first kappa shape index (κ1) is 21.2. The van der Waals surface area contributed by atoms with E-state index in [1.54, 1.807) is 49.7 Å². The fourth-order valence-corrected chi connectivity index (χ4v) is 3.48.